The van der Waals surface area contributed by atoms with Crippen LogP contribution in [-0.4, -0.2) is 67.5 Å². The third-order valence-corrected chi connectivity index (χ3v) is 6.59. The maximum atomic E-state index is 13.0. The van der Waals surface area contributed by atoms with Gasteiger partial charge in [0, 0.05) is 35.9 Å². The van der Waals surface area contributed by atoms with E-state index in [1.165, 1.54) is 11.8 Å². The van der Waals surface area contributed by atoms with Crippen molar-refractivity contribution in [3.8, 4) is 0 Å². The maximum absolute atomic E-state index is 13.0. The molecule has 0 radical (unpaired) electrons. The summed E-state index contributed by atoms with van der Waals surface area (Å²) in [6.45, 7) is 10.9. The Hall–Kier alpha value is -3.34. The highest BCUT2D eigenvalue weighted by Gasteiger charge is 2.27. The summed E-state index contributed by atoms with van der Waals surface area (Å²) in [4.78, 5) is 36.3. The summed E-state index contributed by atoms with van der Waals surface area (Å²) in [5, 5.41) is 11.5. The monoisotopic (exact) mass is 525 g/mol. The summed E-state index contributed by atoms with van der Waals surface area (Å²) in [6, 6.07) is 7.29. The van der Waals surface area contributed by atoms with E-state index in [4.69, 9.17) is 4.74 Å². The normalized spacial score (nSPS) is 14.7. The Balaban J connectivity index is 1.42. The number of anilines is 2. The molecule has 37 heavy (non-hydrogen) atoms. The van der Waals surface area contributed by atoms with Crippen molar-refractivity contribution in [2.45, 2.75) is 70.2 Å². The molecule has 0 atom stereocenters. The topological polar surface area (TPSA) is 114 Å². The van der Waals surface area contributed by atoms with Crippen molar-refractivity contribution in [3.05, 3.63) is 41.6 Å². The zero-order valence-corrected chi connectivity index (χ0v) is 23.1. The Bertz CT molecular complexity index is 1280. The molecule has 198 valence electrons. The summed E-state index contributed by atoms with van der Waals surface area (Å²) in [5.41, 5.74) is 2.55. The second-order valence-electron chi connectivity index (χ2n) is 10.4. The van der Waals surface area contributed by atoms with Gasteiger partial charge in [-0.1, -0.05) is 31.7 Å². The molecule has 2 aromatic heterocycles. The highest BCUT2D eigenvalue weighted by molar-refractivity contribution is 7.98. The van der Waals surface area contributed by atoms with E-state index in [1.54, 1.807) is 21.5 Å². The lowest BCUT2D eigenvalue weighted by Crippen LogP contribution is -2.47. The lowest BCUT2D eigenvalue weighted by Gasteiger charge is -2.33. The Morgan fingerprint density at radius 1 is 1.16 bits per heavy atom. The molecule has 1 saturated heterocycles. The van der Waals surface area contributed by atoms with Crippen LogP contribution in [0.1, 0.15) is 69.3 Å². The average molecular weight is 526 g/mol. The predicted molar refractivity (Wildman–Crippen MR) is 145 cm³/mol. The number of hydrogen-bond donors (Lipinski definition) is 2. The van der Waals surface area contributed by atoms with E-state index in [-0.39, 0.29) is 24.0 Å². The van der Waals surface area contributed by atoms with E-state index < -0.39 is 5.60 Å². The molecule has 0 saturated carbocycles. The summed E-state index contributed by atoms with van der Waals surface area (Å²) in [7, 11) is 0. The number of benzene rings is 1. The van der Waals surface area contributed by atoms with Crippen molar-refractivity contribution in [3.63, 3.8) is 0 Å². The van der Waals surface area contributed by atoms with Gasteiger partial charge in [0.2, 0.25) is 5.95 Å². The highest BCUT2D eigenvalue weighted by Crippen LogP contribution is 2.25. The van der Waals surface area contributed by atoms with Gasteiger partial charge in [-0.15, -0.1) is 0 Å². The number of amides is 2. The molecule has 0 unspecified atom stereocenters. The second kappa shape index (κ2) is 11.0. The minimum atomic E-state index is -0.524. The van der Waals surface area contributed by atoms with Gasteiger partial charge in [0.15, 0.2) is 10.8 Å². The minimum absolute atomic E-state index is 0.00745. The molecule has 11 heteroatoms. The Morgan fingerprint density at radius 2 is 1.89 bits per heavy atom. The zero-order valence-electron chi connectivity index (χ0n) is 22.2. The third-order valence-electron chi connectivity index (χ3n) is 6.04. The third kappa shape index (κ3) is 6.51. The van der Waals surface area contributed by atoms with Crippen LogP contribution in [0.4, 0.5) is 16.4 Å². The SMILES string of the molecule is CSc1nc(Nc2cccc(C(=O)NC3CCN(C(=O)OC(C)(C)C)CC3)c2)n2ncc(C(C)C)c2n1. The van der Waals surface area contributed by atoms with Crippen LogP contribution in [0, 0.1) is 0 Å². The predicted octanol–water partition coefficient (Wildman–Crippen LogP) is 4.84. The van der Waals surface area contributed by atoms with Crippen molar-refractivity contribution < 1.29 is 14.3 Å². The summed E-state index contributed by atoms with van der Waals surface area (Å²) < 4.78 is 7.15. The van der Waals surface area contributed by atoms with Crippen molar-refractivity contribution in [1.82, 2.24) is 29.8 Å². The number of nitrogens with zero attached hydrogens (tertiary/aromatic N) is 5. The lowest BCUT2D eigenvalue weighted by molar-refractivity contribution is 0.0199. The zero-order chi connectivity index (χ0) is 26.7. The Labute approximate surface area is 221 Å². The van der Waals surface area contributed by atoms with Crippen LogP contribution >= 0.6 is 11.8 Å². The largest absolute Gasteiger partial charge is 0.444 e. The quantitative estimate of drug-likeness (QED) is 0.440. The van der Waals surface area contributed by atoms with E-state index in [0.717, 1.165) is 16.9 Å². The van der Waals surface area contributed by atoms with Gasteiger partial charge >= 0.3 is 6.09 Å². The molecule has 0 bridgehead atoms. The maximum Gasteiger partial charge on any atom is 0.410 e. The molecule has 3 heterocycles. The van der Waals surface area contributed by atoms with Gasteiger partial charge in [-0.3, -0.25) is 4.79 Å². The molecule has 2 N–H and O–H groups in total. The second-order valence-corrected chi connectivity index (χ2v) is 11.2. The highest BCUT2D eigenvalue weighted by atomic mass is 32.2. The van der Waals surface area contributed by atoms with Crippen LogP contribution in [0.5, 0.6) is 0 Å². The molecule has 3 aromatic rings. The van der Waals surface area contributed by atoms with Crippen LogP contribution < -0.4 is 10.6 Å². The average Bonchev–Trinajstić information content (AvgIpc) is 3.28. The number of carbonyl (C=O) groups excluding carboxylic acids is 2. The fraction of sp³-hybridized carbons (Fsp3) is 0.500. The van der Waals surface area contributed by atoms with Crippen LogP contribution in [0.25, 0.3) is 5.65 Å². The number of ether oxygens (including phenoxy) is 1. The molecule has 2 amide bonds. The van der Waals surface area contributed by atoms with Crippen LogP contribution in [0.3, 0.4) is 0 Å². The number of piperidine rings is 1. The molecule has 1 fully saturated rings. The molecule has 10 nitrogen and oxygen atoms in total. The summed E-state index contributed by atoms with van der Waals surface area (Å²) in [6.07, 6.45) is 4.80. The fourth-order valence-electron chi connectivity index (χ4n) is 4.12. The van der Waals surface area contributed by atoms with E-state index >= 15 is 0 Å². The van der Waals surface area contributed by atoms with Gasteiger partial charge in [-0.05, 0) is 64.0 Å². The standard InChI is InChI=1S/C26H35N7O3S/c1-16(2)20-15-27-33-21(20)30-24(37-6)31-23(33)29-19-9-7-8-17(14-19)22(34)28-18-10-12-32(13-11-18)25(35)36-26(3,4)5/h7-9,14-16,18H,10-13H2,1-6H3,(H,28,34)(H,29,30,31). The fourth-order valence-corrected chi connectivity index (χ4v) is 4.48. The van der Waals surface area contributed by atoms with Crippen LogP contribution in [-0.2, 0) is 4.74 Å². The first-order valence-corrected chi connectivity index (χ1v) is 13.7. The van der Waals surface area contributed by atoms with E-state index in [1.807, 2.05) is 45.4 Å². The van der Waals surface area contributed by atoms with Gasteiger partial charge < -0.3 is 20.3 Å². The van der Waals surface area contributed by atoms with Gasteiger partial charge in [-0.25, -0.2) is 9.78 Å². The molecule has 1 aromatic carbocycles. The Kier molecular flexibility index (Phi) is 7.91. The number of aromatic nitrogens is 4. The first kappa shape index (κ1) is 26.7. The number of thioether (sulfide) groups is 1. The van der Waals surface area contributed by atoms with E-state index in [2.05, 4.69) is 39.5 Å². The van der Waals surface area contributed by atoms with Gasteiger partial charge in [0.25, 0.3) is 5.91 Å². The molecular weight excluding hydrogens is 490 g/mol. The first-order chi connectivity index (χ1) is 17.5. The number of hydrogen-bond acceptors (Lipinski definition) is 8. The molecular formula is C26H35N7O3S. The molecule has 1 aliphatic heterocycles. The van der Waals surface area contributed by atoms with Gasteiger partial charge in [0.1, 0.15) is 5.60 Å². The minimum Gasteiger partial charge on any atom is -0.444 e. The number of carbonyl (C=O) groups is 2. The summed E-state index contributed by atoms with van der Waals surface area (Å²) in [5.74, 6) is 0.657. The lowest BCUT2D eigenvalue weighted by atomic mass is 10.0. The number of nitrogens with one attached hydrogen (secondary N) is 2. The van der Waals surface area contributed by atoms with Crippen molar-refractivity contribution in [2.24, 2.45) is 0 Å². The first-order valence-electron chi connectivity index (χ1n) is 12.5. The number of fused-ring (bicyclic) bond motifs is 1. The Morgan fingerprint density at radius 3 is 2.54 bits per heavy atom. The van der Waals surface area contributed by atoms with Crippen LogP contribution in [0.2, 0.25) is 0 Å². The molecule has 4 rings (SSSR count). The van der Waals surface area contributed by atoms with Gasteiger partial charge in [-0.2, -0.15) is 14.6 Å². The molecule has 0 aliphatic carbocycles. The van der Waals surface area contributed by atoms with Crippen LogP contribution in [0.15, 0.2) is 35.6 Å². The summed E-state index contributed by atoms with van der Waals surface area (Å²) >= 11 is 1.46. The number of rotatable bonds is 6. The van der Waals surface area contributed by atoms with E-state index in [9.17, 15) is 9.59 Å². The van der Waals surface area contributed by atoms with E-state index in [0.29, 0.717) is 42.6 Å². The molecule has 1 aliphatic rings. The van der Waals surface area contributed by atoms with Crippen molar-refractivity contribution in [2.75, 3.05) is 24.7 Å². The smallest absolute Gasteiger partial charge is 0.410 e. The number of likely N-dealkylation sites (tertiary alicyclic amines) is 1. The molecule has 0 spiro atoms. The van der Waals surface area contributed by atoms with Gasteiger partial charge in [0.05, 0.1) is 6.20 Å². The van der Waals surface area contributed by atoms with Crippen molar-refractivity contribution in [1.29, 1.82) is 0 Å². The van der Waals surface area contributed by atoms with Crippen molar-refractivity contribution >= 4 is 41.0 Å².